The molecule has 1 aromatic rings. The van der Waals surface area contributed by atoms with Crippen LogP contribution >= 0.6 is 0 Å². The molecular formula is C13H19N3O4. The quantitative estimate of drug-likeness (QED) is 0.656. The van der Waals surface area contributed by atoms with Gasteiger partial charge < -0.3 is 14.6 Å². The van der Waals surface area contributed by atoms with Gasteiger partial charge in [-0.25, -0.2) is 0 Å². The first kappa shape index (κ1) is 14.5. The smallest absolute Gasteiger partial charge is 0.395 e. The zero-order valence-corrected chi connectivity index (χ0v) is 11.7. The van der Waals surface area contributed by atoms with E-state index in [0.29, 0.717) is 6.54 Å². The fraction of sp³-hybridized carbons (Fsp3) is 0.615. The van der Waals surface area contributed by atoms with Gasteiger partial charge in [-0.2, -0.15) is 0 Å². The maximum atomic E-state index is 12.4. The Hall–Kier alpha value is -1.89. The number of hydrogen-bond donors (Lipinski definition) is 1. The molecule has 1 atom stereocenters. The second-order valence-corrected chi connectivity index (χ2v) is 5.24. The summed E-state index contributed by atoms with van der Waals surface area (Å²) in [5.41, 5.74) is 0. The minimum Gasteiger partial charge on any atom is -0.395 e. The van der Waals surface area contributed by atoms with Crippen LogP contribution in [0.1, 0.15) is 37.2 Å². The number of amides is 1. The van der Waals surface area contributed by atoms with Gasteiger partial charge in [-0.3, -0.25) is 14.9 Å². The Morgan fingerprint density at radius 2 is 2.35 bits per heavy atom. The molecule has 0 aliphatic carbocycles. The van der Waals surface area contributed by atoms with E-state index >= 15 is 0 Å². The molecule has 1 amide bonds. The fourth-order valence-electron chi connectivity index (χ4n) is 2.36. The number of nitro groups is 1. The zero-order chi connectivity index (χ0) is 14.7. The summed E-state index contributed by atoms with van der Waals surface area (Å²) >= 11 is 0. The maximum absolute atomic E-state index is 12.4. The normalized spacial score (nSPS) is 18.4. The predicted molar refractivity (Wildman–Crippen MR) is 72.6 cm³/mol. The molecular weight excluding hydrogens is 262 g/mol. The first-order valence-electron chi connectivity index (χ1n) is 6.77. The molecule has 1 aliphatic rings. The van der Waals surface area contributed by atoms with Crippen LogP contribution in [-0.2, 0) is 0 Å². The van der Waals surface area contributed by atoms with Gasteiger partial charge >= 0.3 is 5.88 Å². The topological polar surface area (TPSA) is 88.6 Å². The Balaban J connectivity index is 2.10. The van der Waals surface area contributed by atoms with E-state index in [4.69, 9.17) is 4.42 Å². The Morgan fingerprint density at radius 1 is 1.60 bits per heavy atom. The van der Waals surface area contributed by atoms with Gasteiger partial charge in [0.25, 0.3) is 5.91 Å². The van der Waals surface area contributed by atoms with E-state index in [2.05, 4.69) is 5.32 Å². The van der Waals surface area contributed by atoms with Gasteiger partial charge in [-0.15, -0.1) is 0 Å². The van der Waals surface area contributed by atoms with Crippen LogP contribution in [0.25, 0.3) is 0 Å². The zero-order valence-electron chi connectivity index (χ0n) is 11.7. The molecule has 110 valence electrons. The summed E-state index contributed by atoms with van der Waals surface area (Å²) in [6, 6.07) is 2.86. The van der Waals surface area contributed by atoms with Crippen molar-refractivity contribution in [3.05, 3.63) is 28.0 Å². The van der Waals surface area contributed by atoms with E-state index in [9.17, 15) is 14.9 Å². The second kappa shape index (κ2) is 6.04. The van der Waals surface area contributed by atoms with Crippen LogP contribution in [0.4, 0.5) is 5.88 Å². The van der Waals surface area contributed by atoms with Crippen molar-refractivity contribution in [1.82, 2.24) is 10.2 Å². The van der Waals surface area contributed by atoms with Crippen molar-refractivity contribution in [3.63, 3.8) is 0 Å². The SMILES string of the molecule is CC(C)N(CC1CCCN1)C(=O)c1ccc([N+](=O)[O-])o1. The fourth-order valence-corrected chi connectivity index (χ4v) is 2.36. The van der Waals surface area contributed by atoms with Crippen molar-refractivity contribution in [2.75, 3.05) is 13.1 Å². The highest BCUT2D eigenvalue weighted by Gasteiger charge is 2.27. The predicted octanol–water partition coefficient (Wildman–Crippen LogP) is 1.79. The average molecular weight is 281 g/mol. The van der Waals surface area contributed by atoms with E-state index in [1.807, 2.05) is 13.8 Å². The molecule has 7 nitrogen and oxygen atoms in total. The van der Waals surface area contributed by atoms with Crippen LogP contribution in [0, 0.1) is 10.1 Å². The summed E-state index contributed by atoms with van der Waals surface area (Å²) < 4.78 is 4.99. The van der Waals surface area contributed by atoms with Crippen molar-refractivity contribution in [2.45, 2.75) is 38.8 Å². The van der Waals surface area contributed by atoms with E-state index in [1.54, 1.807) is 4.90 Å². The van der Waals surface area contributed by atoms with Crippen LogP contribution in [0.2, 0.25) is 0 Å². The minimum absolute atomic E-state index is 0.00839. The van der Waals surface area contributed by atoms with Crippen molar-refractivity contribution in [2.24, 2.45) is 0 Å². The lowest BCUT2D eigenvalue weighted by Crippen LogP contribution is -2.44. The summed E-state index contributed by atoms with van der Waals surface area (Å²) in [6.45, 7) is 5.40. The average Bonchev–Trinajstić information content (AvgIpc) is 3.06. The standard InChI is InChI=1S/C13H19N3O4/c1-9(2)15(8-10-4-3-7-14-10)13(17)11-5-6-12(20-11)16(18)19/h5-6,9-10,14H,3-4,7-8H2,1-2H3. The minimum atomic E-state index is -0.644. The molecule has 0 radical (unpaired) electrons. The Morgan fingerprint density at radius 3 is 2.85 bits per heavy atom. The van der Waals surface area contributed by atoms with Crippen LogP contribution in [-0.4, -0.2) is 40.9 Å². The third-order valence-corrected chi connectivity index (χ3v) is 3.45. The summed E-state index contributed by atoms with van der Waals surface area (Å²) in [4.78, 5) is 24.0. The lowest BCUT2D eigenvalue weighted by Gasteiger charge is -2.28. The van der Waals surface area contributed by atoms with Crippen molar-refractivity contribution in [1.29, 1.82) is 0 Å². The summed E-state index contributed by atoms with van der Waals surface area (Å²) in [6.07, 6.45) is 2.14. The van der Waals surface area contributed by atoms with Gasteiger partial charge in [-0.05, 0) is 39.3 Å². The molecule has 0 aromatic carbocycles. The van der Waals surface area contributed by atoms with E-state index in [0.717, 1.165) is 19.4 Å². The van der Waals surface area contributed by atoms with Crippen LogP contribution in [0.3, 0.4) is 0 Å². The molecule has 0 bridgehead atoms. The highest BCUT2D eigenvalue weighted by Crippen LogP contribution is 2.19. The molecule has 1 fully saturated rings. The van der Waals surface area contributed by atoms with E-state index in [-0.39, 0.29) is 23.8 Å². The highest BCUT2D eigenvalue weighted by molar-refractivity contribution is 5.92. The molecule has 2 heterocycles. The molecule has 1 unspecified atom stereocenters. The molecule has 7 heteroatoms. The molecule has 0 saturated carbocycles. The van der Waals surface area contributed by atoms with Gasteiger partial charge in [0.1, 0.15) is 4.92 Å². The second-order valence-electron chi connectivity index (χ2n) is 5.24. The lowest BCUT2D eigenvalue weighted by molar-refractivity contribution is -0.402. The molecule has 1 aliphatic heterocycles. The van der Waals surface area contributed by atoms with Crippen LogP contribution in [0.15, 0.2) is 16.5 Å². The third-order valence-electron chi connectivity index (χ3n) is 3.45. The number of furan rings is 1. The van der Waals surface area contributed by atoms with E-state index < -0.39 is 10.8 Å². The Kier molecular flexibility index (Phi) is 4.39. The number of hydrogen-bond acceptors (Lipinski definition) is 5. The summed E-state index contributed by atoms with van der Waals surface area (Å²) in [7, 11) is 0. The van der Waals surface area contributed by atoms with E-state index in [1.165, 1.54) is 12.1 Å². The number of rotatable bonds is 5. The van der Waals surface area contributed by atoms with Gasteiger partial charge in [0.15, 0.2) is 5.76 Å². The highest BCUT2D eigenvalue weighted by atomic mass is 16.6. The summed E-state index contributed by atoms with van der Waals surface area (Å²) in [5, 5.41) is 13.9. The third kappa shape index (κ3) is 3.16. The van der Waals surface area contributed by atoms with Gasteiger partial charge in [-0.1, -0.05) is 0 Å². The first-order valence-corrected chi connectivity index (χ1v) is 6.77. The molecule has 2 rings (SSSR count). The van der Waals surface area contributed by atoms with Crippen LogP contribution in [0.5, 0.6) is 0 Å². The maximum Gasteiger partial charge on any atom is 0.433 e. The van der Waals surface area contributed by atoms with Crippen molar-refractivity contribution in [3.8, 4) is 0 Å². The number of nitrogens with zero attached hydrogens (tertiary/aromatic N) is 2. The number of nitrogens with one attached hydrogen (secondary N) is 1. The number of carbonyl (C=O) groups is 1. The Labute approximate surface area is 117 Å². The van der Waals surface area contributed by atoms with Crippen LogP contribution < -0.4 is 5.32 Å². The van der Waals surface area contributed by atoms with Crippen molar-refractivity contribution >= 4 is 11.8 Å². The first-order chi connectivity index (χ1) is 9.49. The molecule has 20 heavy (non-hydrogen) atoms. The van der Waals surface area contributed by atoms with Gasteiger partial charge in [0.2, 0.25) is 0 Å². The summed E-state index contributed by atoms with van der Waals surface area (Å²) in [5.74, 6) is -0.693. The van der Waals surface area contributed by atoms with Gasteiger partial charge in [0.05, 0.1) is 6.07 Å². The Bertz CT molecular complexity index is 492. The monoisotopic (exact) mass is 281 g/mol. The lowest BCUT2D eigenvalue weighted by atomic mass is 10.2. The van der Waals surface area contributed by atoms with Crippen molar-refractivity contribution < 1.29 is 14.1 Å². The van der Waals surface area contributed by atoms with Gasteiger partial charge in [0, 0.05) is 18.6 Å². The molecule has 0 spiro atoms. The number of carbonyl (C=O) groups excluding carboxylic acids is 1. The molecule has 1 saturated heterocycles. The largest absolute Gasteiger partial charge is 0.433 e. The molecule has 1 N–H and O–H groups in total. The molecule has 1 aromatic heterocycles.